The van der Waals surface area contributed by atoms with E-state index in [9.17, 15) is 13.6 Å². The van der Waals surface area contributed by atoms with Crippen LogP contribution >= 0.6 is 27.5 Å². The molecule has 0 aliphatic heterocycles. The number of rotatable bonds is 4. The Balaban J connectivity index is 3.20. The predicted molar refractivity (Wildman–Crippen MR) is 61.7 cm³/mol. The van der Waals surface area contributed by atoms with Gasteiger partial charge in [0.2, 0.25) is 0 Å². The molecule has 3 nitrogen and oxygen atoms in total. The number of esters is 1. The molecule has 0 bridgehead atoms. The quantitative estimate of drug-likeness (QED) is 0.626. The van der Waals surface area contributed by atoms with E-state index >= 15 is 0 Å². The smallest absolute Gasteiger partial charge is 0.387 e. The lowest BCUT2D eigenvalue weighted by Gasteiger charge is -2.12. The molecule has 0 atom stereocenters. The standard InChI is InChI=1S/C10H8BrClF2O3/c1-16-9(15)5-2-6(4-12)8(7(11)3-5)17-10(13)14/h2-3,10H,4H2,1H3. The predicted octanol–water partition coefficient (Wildman–Crippen LogP) is 3.58. The number of alkyl halides is 3. The molecule has 0 N–H and O–H groups in total. The molecule has 0 saturated carbocycles. The first kappa shape index (κ1) is 14.2. The third kappa shape index (κ3) is 3.54. The van der Waals surface area contributed by atoms with Crippen LogP contribution in [0.5, 0.6) is 5.75 Å². The van der Waals surface area contributed by atoms with E-state index in [0.29, 0.717) is 0 Å². The van der Waals surface area contributed by atoms with Gasteiger partial charge in [-0.2, -0.15) is 8.78 Å². The molecule has 1 aromatic carbocycles. The summed E-state index contributed by atoms with van der Waals surface area (Å²) in [6, 6.07) is 2.68. The van der Waals surface area contributed by atoms with Gasteiger partial charge in [-0.1, -0.05) is 0 Å². The monoisotopic (exact) mass is 328 g/mol. The minimum absolute atomic E-state index is 0.0640. The van der Waals surface area contributed by atoms with E-state index in [0.717, 1.165) is 0 Å². The van der Waals surface area contributed by atoms with E-state index in [1.165, 1.54) is 19.2 Å². The summed E-state index contributed by atoms with van der Waals surface area (Å²) >= 11 is 8.65. The molecule has 1 rings (SSSR count). The fraction of sp³-hybridized carbons (Fsp3) is 0.300. The molecule has 0 spiro atoms. The summed E-state index contributed by atoms with van der Waals surface area (Å²) < 4.78 is 33.4. The highest BCUT2D eigenvalue weighted by Crippen LogP contribution is 2.33. The SMILES string of the molecule is COC(=O)c1cc(Br)c(OC(F)F)c(CCl)c1. The van der Waals surface area contributed by atoms with Crippen molar-refractivity contribution in [1.82, 2.24) is 0 Å². The van der Waals surface area contributed by atoms with Gasteiger partial charge in [-0.3, -0.25) is 0 Å². The zero-order chi connectivity index (χ0) is 13.0. The fourth-order valence-corrected chi connectivity index (χ4v) is 2.00. The summed E-state index contributed by atoms with van der Waals surface area (Å²) in [7, 11) is 1.22. The van der Waals surface area contributed by atoms with Crippen LogP contribution in [0.1, 0.15) is 15.9 Å². The van der Waals surface area contributed by atoms with E-state index in [2.05, 4.69) is 25.4 Å². The second-order valence-electron chi connectivity index (χ2n) is 2.95. The van der Waals surface area contributed by atoms with E-state index < -0.39 is 12.6 Å². The number of ether oxygens (including phenoxy) is 2. The van der Waals surface area contributed by atoms with Crippen LogP contribution in [0.4, 0.5) is 8.78 Å². The average molecular weight is 330 g/mol. The molecule has 0 aliphatic carbocycles. The largest absolute Gasteiger partial charge is 0.465 e. The van der Waals surface area contributed by atoms with Crippen molar-refractivity contribution in [3.8, 4) is 5.75 Å². The Morgan fingerprint density at radius 2 is 2.18 bits per heavy atom. The van der Waals surface area contributed by atoms with Gasteiger partial charge in [0, 0.05) is 5.56 Å². The van der Waals surface area contributed by atoms with E-state index in [1.54, 1.807) is 0 Å². The van der Waals surface area contributed by atoms with Crippen LogP contribution in [0.3, 0.4) is 0 Å². The van der Waals surface area contributed by atoms with Crippen LogP contribution in [0, 0.1) is 0 Å². The Morgan fingerprint density at radius 3 is 2.65 bits per heavy atom. The minimum Gasteiger partial charge on any atom is -0.465 e. The van der Waals surface area contributed by atoms with Gasteiger partial charge in [-0.05, 0) is 28.1 Å². The number of carbonyl (C=O) groups is 1. The van der Waals surface area contributed by atoms with Crippen molar-refractivity contribution in [3.05, 3.63) is 27.7 Å². The van der Waals surface area contributed by atoms with Crippen molar-refractivity contribution >= 4 is 33.5 Å². The Morgan fingerprint density at radius 1 is 1.53 bits per heavy atom. The van der Waals surface area contributed by atoms with Crippen LogP contribution in [0.25, 0.3) is 0 Å². The third-order valence-corrected chi connectivity index (χ3v) is 2.77. The molecular weight excluding hydrogens is 321 g/mol. The van der Waals surface area contributed by atoms with Gasteiger partial charge in [0.25, 0.3) is 0 Å². The third-order valence-electron chi connectivity index (χ3n) is 1.89. The Hall–Kier alpha value is -0.880. The highest BCUT2D eigenvalue weighted by atomic mass is 79.9. The number of hydrogen-bond acceptors (Lipinski definition) is 3. The molecule has 0 aromatic heterocycles. The molecule has 0 radical (unpaired) electrons. The lowest BCUT2D eigenvalue weighted by Crippen LogP contribution is -2.07. The summed E-state index contributed by atoms with van der Waals surface area (Å²) in [4.78, 5) is 11.3. The number of methoxy groups -OCH3 is 1. The first-order valence-electron chi connectivity index (χ1n) is 4.41. The molecule has 0 heterocycles. The summed E-state index contributed by atoms with van der Waals surface area (Å²) in [5.41, 5.74) is 0.485. The van der Waals surface area contributed by atoms with Gasteiger partial charge in [0.05, 0.1) is 23.0 Å². The van der Waals surface area contributed by atoms with Crippen molar-refractivity contribution < 1.29 is 23.0 Å². The van der Waals surface area contributed by atoms with Crippen molar-refractivity contribution in [2.24, 2.45) is 0 Å². The van der Waals surface area contributed by atoms with E-state index in [1.807, 2.05) is 0 Å². The summed E-state index contributed by atoms with van der Waals surface area (Å²) in [6.07, 6.45) is 0. The average Bonchev–Trinajstić information content (AvgIpc) is 2.29. The van der Waals surface area contributed by atoms with Gasteiger partial charge >= 0.3 is 12.6 Å². The molecule has 1 aromatic rings. The first-order valence-corrected chi connectivity index (χ1v) is 5.73. The molecule has 0 fully saturated rings. The van der Waals surface area contributed by atoms with Crippen molar-refractivity contribution in [3.63, 3.8) is 0 Å². The molecule has 0 amide bonds. The number of benzene rings is 1. The van der Waals surface area contributed by atoms with Crippen LogP contribution in [-0.4, -0.2) is 19.7 Å². The van der Waals surface area contributed by atoms with Gasteiger partial charge in [-0.15, -0.1) is 11.6 Å². The van der Waals surface area contributed by atoms with Crippen molar-refractivity contribution in [1.29, 1.82) is 0 Å². The normalized spacial score (nSPS) is 10.5. The molecular formula is C10H8BrClF2O3. The molecule has 7 heteroatoms. The fourth-order valence-electron chi connectivity index (χ4n) is 1.21. The molecule has 17 heavy (non-hydrogen) atoms. The molecule has 94 valence electrons. The van der Waals surface area contributed by atoms with Crippen LogP contribution < -0.4 is 4.74 Å². The maximum Gasteiger partial charge on any atom is 0.387 e. The second-order valence-corrected chi connectivity index (χ2v) is 4.07. The highest BCUT2D eigenvalue weighted by Gasteiger charge is 2.17. The summed E-state index contributed by atoms with van der Waals surface area (Å²) in [5.74, 6) is -0.728. The molecule has 0 saturated heterocycles. The summed E-state index contributed by atoms with van der Waals surface area (Å²) in [6.45, 7) is -2.96. The Bertz CT molecular complexity index is 426. The van der Waals surface area contributed by atoms with Crippen molar-refractivity contribution in [2.75, 3.05) is 7.11 Å². The number of carbonyl (C=O) groups excluding carboxylic acids is 1. The van der Waals surface area contributed by atoms with E-state index in [4.69, 9.17) is 11.6 Å². The molecule has 0 unspecified atom stereocenters. The maximum atomic E-state index is 12.2. The lowest BCUT2D eigenvalue weighted by atomic mass is 10.1. The van der Waals surface area contributed by atoms with Crippen LogP contribution in [0.2, 0.25) is 0 Å². The van der Waals surface area contributed by atoms with Gasteiger partial charge in [-0.25, -0.2) is 4.79 Å². The van der Waals surface area contributed by atoms with Crippen LogP contribution in [0.15, 0.2) is 16.6 Å². The first-order chi connectivity index (χ1) is 7.99. The summed E-state index contributed by atoms with van der Waals surface area (Å²) in [5, 5.41) is 0. The Labute approximate surface area is 110 Å². The zero-order valence-electron chi connectivity index (χ0n) is 8.68. The van der Waals surface area contributed by atoms with Crippen molar-refractivity contribution in [2.45, 2.75) is 12.5 Å². The lowest BCUT2D eigenvalue weighted by molar-refractivity contribution is -0.0508. The Kier molecular flexibility index (Phi) is 5.14. The maximum absolute atomic E-state index is 12.2. The minimum atomic E-state index is -2.96. The zero-order valence-corrected chi connectivity index (χ0v) is 11.0. The highest BCUT2D eigenvalue weighted by molar-refractivity contribution is 9.10. The van der Waals surface area contributed by atoms with Gasteiger partial charge in [0.1, 0.15) is 5.75 Å². The van der Waals surface area contributed by atoms with E-state index in [-0.39, 0.29) is 27.2 Å². The number of halogens is 4. The van der Waals surface area contributed by atoms with Crippen LogP contribution in [-0.2, 0) is 10.6 Å². The van der Waals surface area contributed by atoms with Gasteiger partial charge < -0.3 is 9.47 Å². The van der Waals surface area contributed by atoms with Gasteiger partial charge in [0.15, 0.2) is 0 Å². The second kappa shape index (κ2) is 6.16. The molecule has 0 aliphatic rings. The topological polar surface area (TPSA) is 35.5 Å². The number of hydrogen-bond donors (Lipinski definition) is 0.